The molecule has 4 nitrogen and oxygen atoms in total. The molecular formula is C15H24N2O2. The molecule has 1 aromatic rings. The number of hydrogen-bond acceptors (Lipinski definition) is 3. The van der Waals surface area contributed by atoms with Crippen LogP contribution in [0.5, 0.6) is 0 Å². The number of amides is 1. The topological polar surface area (TPSA) is 51.2 Å². The Hall–Kier alpha value is -1.58. The molecule has 1 rings (SSSR count). The van der Waals surface area contributed by atoms with Gasteiger partial charge in [0, 0.05) is 18.4 Å². The van der Waals surface area contributed by atoms with Crippen LogP contribution in [0.15, 0.2) is 24.5 Å². The fourth-order valence-electron chi connectivity index (χ4n) is 1.69. The van der Waals surface area contributed by atoms with Crippen molar-refractivity contribution < 1.29 is 9.53 Å². The molecule has 4 heteroatoms. The van der Waals surface area contributed by atoms with Crippen LogP contribution in [-0.4, -0.2) is 22.7 Å². The van der Waals surface area contributed by atoms with Crippen molar-refractivity contribution in [2.45, 2.75) is 52.7 Å². The largest absolute Gasteiger partial charge is 0.444 e. The summed E-state index contributed by atoms with van der Waals surface area (Å²) in [6, 6.07) is 3.98. The third-order valence-corrected chi connectivity index (χ3v) is 2.71. The zero-order chi connectivity index (χ0) is 14.5. The maximum absolute atomic E-state index is 11.8. The van der Waals surface area contributed by atoms with Gasteiger partial charge in [0.1, 0.15) is 5.60 Å². The lowest BCUT2D eigenvalue weighted by molar-refractivity contribution is 0.0490. The van der Waals surface area contributed by atoms with Crippen LogP contribution < -0.4 is 5.32 Å². The molecule has 1 atom stereocenters. The Morgan fingerprint density at radius 3 is 2.37 bits per heavy atom. The van der Waals surface area contributed by atoms with Gasteiger partial charge in [-0.25, -0.2) is 4.79 Å². The van der Waals surface area contributed by atoms with Crippen LogP contribution in [0.3, 0.4) is 0 Å². The van der Waals surface area contributed by atoms with Gasteiger partial charge in [0.2, 0.25) is 0 Å². The number of ether oxygens (including phenoxy) is 1. The van der Waals surface area contributed by atoms with Crippen LogP contribution in [0.1, 0.15) is 40.2 Å². The molecule has 1 aromatic heterocycles. The molecule has 0 aliphatic rings. The number of alkyl carbamates (subject to hydrolysis) is 1. The van der Waals surface area contributed by atoms with Gasteiger partial charge in [0.05, 0.1) is 0 Å². The summed E-state index contributed by atoms with van der Waals surface area (Å²) in [4.78, 5) is 15.8. The van der Waals surface area contributed by atoms with Crippen molar-refractivity contribution >= 4 is 6.09 Å². The van der Waals surface area contributed by atoms with E-state index in [1.165, 1.54) is 0 Å². The van der Waals surface area contributed by atoms with E-state index in [0.717, 1.165) is 12.0 Å². The Labute approximate surface area is 115 Å². The molecule has 0 radical (unpaired) electrons. The predicted octanol–water partition coefficient (Wildman–Crippen LogP) is 3.17. The highest BCUT2D eigenvalue weighted by molar-refractivity contribution is 5.68. The number of carbonyl (C=O) groups is 1. The molecule has 0 fully saturated rings. The maximum atomic E-state index is 11.8. The van der Waals surface area contributed by atoms with Gasteiger partial charge < -0.3 is 10.1 Å². The molecule has 1 heterocycles. The number of carbonyl (C=O) groups excluding carboxylic acids is 1. The molecule has 0 aliphatic carbocycles. The van der Waals surface area contributed by atoms with E-state index < -0.39 is 5.60 Å². The van der Waals surface area contributed by atoms with Crippen molar-refractivity contribution in [3.63, 3.8) is 0 Å². The Bertz CT molecular complexity index is 396. The summed E-state index contributed by atoms with van der Waals surface area (Å²) in [6.07, 6.45) is 3.94. The van der Waals surface area contributed by atoms with E-state index in [0.29, 0.717) is 5.92 Å². The van der Waals surface area contributed by atoms with Crippen molar-refractivity contribution in [1.82, 2.24) is 10.3 Å². The highest BCUT2D eigenvalue weighted by Crippen LogP contribution is 2.12. The van der Waals surface area contributed by atoms with Crippen molar-refractivity contribution in [3.05, 3.63) is 30.1 Å². The molecule has 0 spiro atoms. The van der Waals surface area contributed by atoms with Crippen molar-refractivity contribution in [3.8, 4) is 0 Å². The third-order valence-electron chi connectivity index (χ3n) is 2.71. The lowest BCUT2D eigenvalue weighted by Gasteiger charge is -2.25. The van der Waals surface area contributed by atoms with Crippen molar-refractivity contribution in [2.24, 2.45) is 5.92 Å². The molecule has 0 aliphatic heterocycles. The minimum Gasteiger partial charge on any atom is -0.444 e. The number of rotatable bonds is 4. The second-order valence-electron chi connectivity index (χ2n) is 6.06. The van der Waals surface area contributed by atoms with Crippen LogP contribution >= 0.6 is 0 Å². The molecule has 0 saturated heterocycles. The average Bonchev–Trinajstić information content (AvgIpc) is 2.26. The van der Waals surface area contributed by atoms with Crippen LogP contribution in [0.4, 0.5) is 4.79 Å². The normalized spacial score (nSPS) is 13.2. The molecule has 1 N–H and O–H groups in total. The summed E-state index contributed by atoms with van der Waals surface area (Å²) in [5, 5.41) is 2.94. The average molecular weight is 264 g/mol. The Morgan fingerprint density at radius 1 is 1.32 bits per heavy atom. The first-order valence-corrected chi connectivity index (χ1v) is 6.66. The van der Waals surface area contributed by atoms with Gasteiger partial charge in [0.15, 0.2) is 0 Å². The summed E-state index contributed by atoms with van der Waals surface area (Å²) < 4.78 is 5.29. The summed E-state index contributed by atoms with van der Waals surface area (Å²) in [5.74, 6) is 0.334. The smallest absolute Gasteiger partial charge is 0.407 e. The van der Waals surface area contributed by atoms with E-state index in [1.807, 2.05) is 32.9 Å². The van der Waals surface area contributed by atoms with Gasteiger partial charge in [-0.1, -0.05) is 13.8 Å². The fourth-order valence-corrected chi connectivity index (χ4v) is 1.69. The minimum atomic E-state index is -0.470. The Morgan fingerprint density at radius 2 is 1.89 bits per heavy atom. The van der Waals surface area contributed by atoms with Gasteiger partial charge in [0.25, 0.3) is 0 Å². The fraction of sp³-hybridized carbons (Fsp3) is 0.600. The predicted molar refractivity (Wildman–Crippen MR) is 75.9 cm³/mol. The Kier molecular flexibility index (Phi) is 5.33. The first-order chi connectivity index (χ1) is 8.78. The quantitative estimate of drug-likeness (QED) is 0.908. The van der Waals surface area contributed by atoms with E-state index in [4.69, 9.17) is 4.74 Å². The standard InChI is InChI=1S/C15H24N2O2/c1-11(2)13(10-12-6-8-16-9-7-12)17-14(18)19-15(3,4)5/h6-9,11,13H,10H2,1-5H3,(H,17,18)/t13-/m0/s1. The van der Waals surface area contributed by atoms with Gasteiger partial charge in [-0.05, 0) is 50.8 Å². The highest BCUT2D eigenvalue weighted by Gasteiger charge is 2.21. The van der Waals surface area contributed by atoms with Gasteiger partial charge in [-0.15, -0.1) is 0 Å². The second-order valence-corrected chi connectivity index (χ2v) is 6.06. The monoisotopic (exact) mass is 264 g/mol. The van der Waals surface area contributed by atoms with Crippen molar-refractivity contribution in [2.75, 3.05) is 0 Å². The van der Waals surface area contributed by atoms with Gasteiger partial charge >= 0.3 is 6.09 Å². The number of nitrogens with zero attached hydrogens (tertiary/aromatic N) is 1. The molecule has 0 bridgehead atoms. The third kappa shape index (κ3) is 6.22. The van der Waals surface area contributed by atoms with E-state index in [9.17, 15) is 4.79 Å². The number of hydrogen-bond donors (Lipinski definition) is 1. The summed E-state index contributed by atoms with van der Waals surface area (Å²) in [7, 11) is 0. The van der Waals surface area contributed by atoms with E-state index in [-0.39, 0.29) is 12.1 Å². The first-order valence-electron chi connectivity index (χ1n) is 6.66. The van der Waals surface area contributed by atoms with E-state index >= 15 is 0 Å². The van der Waals surface area contributed by atoms with Crippen LogP contribution in [0, 0.1) is 5.92 Å². The maximum Gasteiger partial charge on any atom is 0.407 e. The lowest BCUT2D eigenvalue weighted by atomic mass is 9.97. The molecule has 0 saturated carbocycles. The van der Waals surface area contributed by atoms with Crippen molar-refractivity contribution in [1.29, 1.82) is 0 Å². The number of nitrogens with one attached hydrogen (secondary N) is 1. The zero-order valence-corrected chi connectivity index (χ0v) is 12.4. The molecule has 106 valence electrons. The van der Waals surface area contributed by atoms with Crippen LogP contribution in [0.2, 0.25) is 0 Å². The summed E-state index contributed by atoms with van der Waals surface area (Å²) in [6.45, 7) is 9.76. The minimum absolute atomic E-state index is 0.0530. The van der Waals surface area contributed by atoms with Crippen LogP contribution in [-0.2, 0) is 11.2 Å². The zero-order valence-electron chi connectivity index (χ0n) is 12.4. The molecular weight excluding hydrogens is 240 g/mol. The van der Waals surface area contributed by atoms with E-state index in [1.54, 1.807) is 12.4 Å². The second kappa shape index (κ2) is 6.55. The summed E-state index contributed by atoms with van der Waals surface area (Å²) >= 11 is 0. The number of aromatic nitrogens is 1. The van der Waals surface area contributed by atoms with Gasteiger partial charge in [-0.3, -0.25) is 4.98 Å². The molecule has 1 amide bonds. The molecule has 19 heavy (non-hydrogen) atoms. The molecule has 0 aromatic carbocycles. The van der Waals surface area contributed by atoms with Gasteiger partial charge in [-0.2, -0.15) is 0 Å². The van der Waals surface area contributed by atoms with Crippen LogP contribution in [0.25, 0.3) is 0 Å². The summed E-state index contributed by atoms with van der Waals surface area (Å²) in [5.41, 5.74) is 0.687. The lowest BCUT2D eigenvalue weighted by Crippen LogP contribution is -2.42. The molecule has 0 unspecified atom stereocenters. The first kappa shape index (κ1) is 15.5. The van der Waals surface area contributed by atoms with E-state index in [2.05, 4.69) is 24.1 Å². The highest BCUT2D eigenvalue weighted by atomic mass is 16.6. The Balaban J connectivity index is 2.61. The number of pyridine rings is 1. The SMILES string of the molecule is CC(C)[C@H](Cc1ccncc1)NC(=O)OC(C)(C)C.